The van der Waals surface area contributed by atoms with Gasteiger partial charge in [0.25, 0.3) is 5.56 Å². The molecule has 0 unspecified atom stereocenters. The molecule has 0 aliphatic carbocycles. The lowest BCUT2D eigenvalue weighted by atomic mass is 10.2. The van der Waals surface area contributed by atoms with Crippen LogP contribution in [0.1, 0.15) is 25.3 Å². The number of nitrogens with zero attached hydrogens (tertiary/aromatic N) is 2. The van der Waals surface area contributed by atoms with Crippen LogP contribution in [0.5, 0.6) is 0 Å². The minimum absolute atomic E-state index is 0.0913. The first-order valence-corrected chi connectivity index (χ1v) is 8.04. The van der Waals surface area contributed by atoms with Gasteiger partial charge in [-0.25, -0.2) is 0 Å². The summed E-state index contributed by atoms with van der Waals surface area (Å²) in [5.74, 6) is -0.750. The first-order valence-electron chi connectivity index (χ1n) is 7.66. The second-order valence-electron chi connectivity index (χ2n) is 5.82. The standard InChI is InChI=1S/C15H17ClF3N3O3/c1-2-3-21-7-10(5-13(21)24)20-12(23)8-22-6-9(15(17,18)19)4-11(16)14(22)25/h4,6,10H,2-3,5,7-8H2,1H3,(H,20,23)/t10-/m0/s1. The van der Waals surface area contributed by atoms with Gasteiger partial charge in [0, 0.05) is 25.7 Å². The summed E-state index contributed by atoms with van der Waals surface area (Å²) in [5.41, 5.74) is -2.00. The van der Waals surface area contributed by atoms with Crippen LogP contribution in [0.4, 0.5) is 13.2 Å². The van der Waals surface area contributed by atoms with E-state index >= 15 is 0 Å². The van der Waals surface area contributed by atoms with Crippen LogP contribution < -0.4 is 10.9 Å². The van der Waals surface area contributed by atoms with Crippen LogP contribution in [0.2, 0.25) is 5.02 Å². The van der Waals surface area contributed by atoms with E-state index in [0.29, 0.717) is 29.9 Å². The molecular weight excluding hydrogens is 363 g/mol. The number of alkyl halides is 3. The van der Waals surface area contributed by atoms with Crippen LogP contribution in [0.15, 0.2) is 17.1 Å². The van der Waals surface area contributed by atoms with Gasteiger partial charge in [-0.15, -0.1) is 0 Å². The smallest absolute Gasteiger partial charge is 0.350 e. The zero-order chi connectivity index (χ0) is 18.8. The van der Waals surface area contributed by atoms with Gasteiger partial charge in [-0.3, -0.25) is 14.4 Å². The molecule has 138 valence electrons. The summed E-state index contributed by atoms with van der Waals surface area (Å²) in [6.07, 6.45) is -3.22. The molecule has 0 spiro atoms. The Morgan fingerprint density at radius 2 is 2.08 bits per heavy atom. The summed E-state index contributed by atoms with van der Waals surface area (Å²) in [6, 6.07) is 0.0971. The van der Waals surface area contributed by atoms with Crippen LogP contribution in [-0.4, -0.2) is 40.4 Å². The molecule has 0 bridgehead atoms. The Hall–Kier alpha value is -2.03. The molecule has 1 N–H and O–H groups in total. The van der Waals surface area contributed by atoms with E-state index in [2.05, 4.69) is 5.32 Å². The van der Waals surface area contributed by atoms with Crippen molar-refractivity contribution in [2.75, 3.05) is 13.1 Å². The summed E-state index contributed by atoms with van der Waals surface area (Å²) in [7, 11) is 0. The molecule has 0 saturated carbocycles. The van der Waals surface area contributed by atoms with E-state index in [9.17, 15) is 27.6 Å². The van der Waals surface area contributed by atoms with Gasteiger partial charge in [0.2, 0.25) is 11.8 Å². The van der Waals surface area contributed by atoms with E-state index in [1.54, 1.807) is 4.90 Å². The SMILES string of the molecule is CCCN1C[C@@H](NC(=O)Cn2cc(C(F)(F)F)cc(Cl)c2=O)CC1=O. The number of nitrogens with one attached hydrogen (secondary N) is 1. The van der Waals surface area contributed by atoms with Gasteiger partial charge in [0.1, 0.15) is 11.6 Å². The zero-order valence-corrected chi connectivity index (χ0v) is 14.2. The molecule has 2 rings (SSSR count). The maximum atomic E-state index is 12.8. The van der Waals surface area contributed by atoms with Crippen molar-refractivity contribution in [2.45, 2.75) is 38.5 Å². The molecule has 6 nitrogen and oxygen atoms in total. The molecule has 2 amide bonds. The van der Waals surface area contributed by atoms with Crippen LogP contribution in [-0.2, 0) is 22.3 Å². The third kappa shape index (κ3) is 4.75. The molecule has 0 radical (unpaired) electrons. The predicted molar refractivity (Wildman–Crippen MR) is 84.1 cm³/mol. The monoisotopic (exact) mass is 379 g/mol. The van der Waals surface area contributed by atoms with Crippen molar-refractivity contribution in [1.82, 2.24) is 14.8 Å². The Morgan fingerprint density at radius 3 is 2.68 bits per heavy atom. The highest BCUT2D eigenvalue weighted by molar-refractivity contribution is 6.30. The van der Waals surface area contributed by atoms with Crippen molar-refractivity contribution in [3.05, 3.63) is 33.2 Å². The molecule has 1 aliphatic rings. The molecular formula is C15H17ClF3N3O3. The number of hydrogen-bond donors (Lipinski definition) is 1. The average Bonchev–Trinajstić information content (AvgIpc) is 2.82. The fourth-order valence-electron chi connectivity index (χ4n) is 2.65. The normalized spacial score (nSPS) is 17.9. The first kappa shape index (κ1) is 19.3. The number of carbonyl (C=O) groups is 2. The maximum absolute atomic E-state index is 12.8. The van der Waals surface area contributed by atoms with Crippen LogP contribution >= 0.6 is 11.6 Å². The van der Waals surface area contributed by atoms with Crippen molar-refractivity contribution in [3.8, 4) is 0 Å². The summed E-state index contributed by atoms with van der Waals surface area (Å²) < 4.78 is 39.0. The fraction of sp³-hybridized carbons (Fsp3) is 0.533. The lowest BCUT2D eigenvalue weighted by Gasteiger charge is -2.16. The largest absolute Gasteiger partial charge is 0.417 e. The number of rotatable bonds is 5. The molecule has 1 aliphatic heterocycles. The topological polar surface area (TPSA) is 71.4 Å². The van der Waals surface area contributed by atoms with Crippen molar-refractivity contribution < 1.29 is 22.8 Å². The number of likely N-dealkylation sites (tertiary alicyclic amines) is 1. The van der Waals surface area contributed by atoms with Crippen LogP contribution in [0, 0.1) is 0 Å². The van der Waals surface area contributed by atoms with E-state index in [4.69, 9.17) is 11.6 Å². The van der Waals surface area contributed by atoms with Gasteiger partial charge in [-0.2, -0.15) is 13.2 Å². The lowest BCUT2D eigenvalue weighted by Crippen LogP contribution is -2.40. The highest BCUT2D eigenvalue weighted by Crippen LogP contribution is 2.29. The fourth-order valence-corrected chi connectivity index (χ4v) is 2.88. The maximum Gasteiger partial charge on any atom is 0.417 e. The molecule has 0 aromatic carbocycles. The first-order chi connectivity index (χ1) is 11.6. The van der Waals surface area contributed by atoms with E-state index in [0.717, 1.165) is 6.42 Å². The number of aromatic nitrogens is 1. The number of hydrogen-bond acceptors (Lipinski definition) is 3. The number of halogens is 4. The van der Waals surface area contributed by atoms with Gasteiger partial charge in [-0.1, -0.05) is 18.5 Å². The van der Waals surface area contributed by atoms with Crippen molar-refractivity contribution in [2.24, 2.45) is 0 Å². The van der Waals surface area contributed by atoms with Gasteiger partial charge in [-0.05, 0) is 12.5 Å². The van der Waals surface area contributed by atoms with E-state index in [1.165, 1.54) is 0 Å². The molecule has 1 atom stereocenters. The highest BCUT2D eigenvalue weighted by Gasteiger charge is 2.33. The quantitative estimate of drug-likeness (QED) is 0.845. The summed E-state index contributed by atoms with van der Waals surface area (Å²) in [4.78, 5) is 37.2. The predicted octanol–water partition coefficient (Wildman–Crippen LogP) is 1.65. The number of pyridine rings is 1. The Labute approximate surface area is 146 Å². The van der Waals surface area contributed by atoms with Gasteiger partial charge >= 0.3 is 6.18 Å². The average molecular weight is 380 g/mol. The van der Waals surface area contributed by atoms with Crippen LogP contribution in [0.3, 0.4) is 0 Å². The molecule has 1 aromatic heterocycles. The summed E-state index contributed by atoms with van der Waals surface area (Å²) in [6.45, 7) is 2.23. The molecule has 25 heavy (non-hydrogen) atoms. The van der Waals surface area contributed by atoms with E-state index in [-0.39, 0.29) is 12.3 Å². The minimum Gasteiger partial charge on any atom is -0.350 e. The lowest BCUT2D eigenvalue weighted by molar-refractivity contribution is -0.138. The van der Waals surface area contributed by atoms with Crippen LogP contribution in [0.25, 0.3) is 0 Å². The van der Waals surface area contributed by atoms with Crippen molar-refractivity contribution in [1.29, 1.82) is 0 Å². The number of amides is 2. The Bertz CT molecular complexity index is 733. The third-order valence-electron chi connectivity index (χ3n) is 3.76. The Kier molecular flexibility index (Phi) is 5.76. The van der Waals surface area contributed by atoms with Crippen molar-refractivity contribution in [3.63, 3.8) is 0 Å². The molecule has 2 heterocycles. The highest BCUT2D eigenvalue weighted by atomic mass is 35.5. The van der Waals surface area contributed by atoms with Gasteiger partial charge in [0.05, 0.1) is 11.6 Å². The molecule has 1 saturated heterocycles. The second kappa shape index (κ2) is 7.47. The van der Waals surface area contributed by atoms with Gasteiger partial charge < -0.3 is 14.8 Å². The van der Waals surface area contributed by atoms with Crippen molar-refractivity contribution >= 4 is 23.4 Å². The van der Waals surface area contributed by atoms with E-state index in [1.807, 2.05) is 6.92 Å². The van der Waals surface area contributed by atoms with E-state index < -0.39 is 40.8 Å². The third-order valence-corrected chi connectivity index (χ3v) is 4.03. The molecule has 10 heteroatoms. The summed E-state index contributed by atoms with van der Waals surface area (Å²) in [5, 5.41) is 1.95. The molecule has 1 fully saturated rings. The Balaban J connectivity index is 2.07. The van der Waals surface area contributed by atoms with Gasteiger partial charge in [0.15, 0.2) is 0 Å². The number of carbonyl (C=O) groups excluding carboxylic acids is 2. The Morgan fingerprint density at radius 1 is 1.40 bits per heavy atom. The second-order valence-corrected chi connectivity index (χ2v) is 6.22. The minimum atomic E-state index is -4.69. The summed E-state index contributed by atoms with van der Waals surface area (Å²) >= 11 is 5.54. The molecule has 1 aromatic rings. The zero-order valence-electron chi connectivity index (χ0n) is 13.4.